The molecule has 1 nitrogen and oxygen atoms in total. The van der Waals surface area contributed by atoms with E-state index in [1.165, 1.54) is 14.4 Å². The van der Waals surface area contributed by atoms with Gasteiger partial charge in [0.2, 0.25) is 0 Å². The summed E-state index contributed by atoms with van der Waals surface area (Å²) in [4.78, 5) is 6.90. The lowest BCUT2D eigenvalue weighted by Crippen LogP contribution is -1.58. The molecule has 0 amide bonds. The van der Waals surface area contributed by atoms with E-state index >= 15 is 0 Å². The molecule has 0 aromatic carbocycles. The number of thiazole rings is 1. The van der Waals surface area contributed by atoms with Gasteiger partial charge in [0.05, 0.1) is 4.70 Å². The summed E-state index contributed by atoms with van der Waals surface area (Å²) in [5.41, 5.74) is 0. The largest absolute Gasteiger partial charge is 0.219 e. The summed E-state index contributed by atoms with van der Waals surface area (Å²) in [7, 11) is 0. The van der Waals surface area contributed by atoms with Crippen LogP contribution in [0.15, 0.2) is 6.07 Å². The van der Waals surface area contributed by atoms with Gasteiger partial charge in [-0.25, -0.2) is 4.98 Å². The Morgan fingerprint density at radius 1 is 1.50 bits per heavy atom. The maximum absolute atomic E-state index is 4.36. The summed E-state index contributed by atoms with van der Waals surface area (Å²) in [5, 5.41) is 0. The minimum atomic E-state index is 1.14. The average molecular weight is 281 g/mol. The summed E-state index contributed by atoms with van der Waals surface area (Å²) in [6, 6.07) is 2.19. The first-order chi connectivity index (χ1) is 4.75. The van der Waals surface area contributed by atoms with E-state index in [-0.39, 0.29) is 0 Å². The van der Waals surface area contributed by atoms with Crippen LogP contribution in [0.25, 0.3) is 9.53 Å². The highest BCUT2D eigenvalue weighted by Gasteiger charge is 2.02. The number of aromatic nitrogens is 1. The van der Waals surface area contributed by atoms with E-state index in [1.807, 2.05) is 0 Å². The second-order valence-corrected chi connectivity index (χ2v) is 6.01. The van der Waals surface area contributed by atoms with E-state index in [2.05, 4.69) is 40.6 Å². The van der Waals surface area contributed by atoms with E-state index in [1.54, 1.807) is 22.7 Å². The second kappa shape index (κ2) is 2.42. The first-order valence-corrected chi connectivity index (χ1v) is 5.49. The second-order valence-electron chi connectivity index (χ2n) is 1.99. The monoisotopic (exact) mass is 281 g/mol. The summed E-state index contributed by atoms with van der Waals surface area (Å²) in [6.07, 6.45) is 0. The van der Waals surface area contributed by atoms with Crippen LogP contribution in [-0.4, -0.2) is 4.98 Å². The first-order valence-electron chi connectivity index (χ1n) is 2.78. The SMILES string of the molecule is Cc1cc2sc(I)nc2s1. The van der Waals surface area contributed by atoms with Crippen molar-refractivity contribution in [1.29, 1.82) is 0 Å². The van der Waals surface area contributed by atoms with E-state index in [9.17, 15) is 0 Å². The lowest BCUT2D eigenvalue weighted by atomic mass is 10.5. The molecule has 0 saturated carbocycles. The van der Waals surface area contributed by atoms with Gasteiger partial charge in [0.1, 0.15) is 4.83 Å². The van der Waals surface area contributed by atoms with Gasteiger partial charge in [-0.2, -0.15) is 0 Å². The van der Waals surface area contributed by atoms with Crippen molar-refractivity contribution in [1.82, 2.24) is 4.98 Å². The maximum Gasteiger partial charge on any atom is 0.156 e. The fourth-order valence-electron chi connectivity index (χ4n) is 0.823. The van der Waals surface area contributed by atoms with Crippen molar-refractivity contribution in [2.24, 2.45) is 0 Å². The zero-order chi connectivity index (χ0) is 7.14. The van der Waals surface area contributed by atoms with Gasteiger partial charge in [0, 0.05) is 4.88 Å². The van der Waals surface area contributed by atoms with Crippen LogP contribution in [0.4, 0.5) is 0 Å². The molecule has 0 radical (unpaired) electrons. The lowest BCUT2D eigenvalue weighted by Gasteiger charge is -1.72. The number of rotatable bonds is 0. The molecule has 2 rings (SSSR count). The molecule has 0 fully saturated rings. The molecule has 2 aromatic heterocycles. The van der Waals surface area contributed by atoms with E-state index in [4.69, 9.17) is 0 Å². The summed E-state index contributed by atoms with van der Waals surface area (Å²) >= 11 is 5.78. The van der Waals surface area contributed by atoms with Crippen LogP contribution in [0.3, 0.4) is 0 Å². The Morgan fingerprint density at radius 3 is 3.00 bits per heavy atom. The highest BCUT2D eigenvalue weighted by molar-refractivity contribution is 14.1. The van der Waals surface area contributed by atoms with Gasteiger partial charge >= 0.3 is 0 Å². The van der Waals surface area contributed by atoms with Crippen molar-refractivity contribution in [3.05, 3.63) is 14.0 Å². The number of thiophene rings is 1. The standard InChI is InChI=1S/C6H4INS2/c1-3-2-4-5(9-3)8-6(7)10-4/h2H,1H3. The smallest absolute Gasteiger partial charge is 0.156 e. The zero-order valence-corrected chi connectivity index (χ0v) is 9.01. The molecule has 0 aliphatic carbocycles. The Kier molecular flexibility index (Phi) is 1.69. The van der Waals surface area contributed by atoms with Gasteiger partial charge in [-0.3, -0.25) is 0 Å². The van der Waals surface area contributed by atoms with Crippen molar-refractivity contribution in [3.8, 4) is 0 Å². The molecule has 0 atom stereocenters. The van der Waals surface area contributed by atoms with Crippen LogP contribution in [0.1, 0.15) is 4.88 Å². The summed E-state index contributed by atoms with van der Waals surface area (Å²) < 4.78 is 2.46. The molecule has 0 saturated heterocycles. The third kappa shape index (κ3) is 1.08. The van der Waals surface area contributed by atoms with Gasteiger partial charge in [-0.1, -0.05) is 0 Å². The quantitative estimate of drug-likeness (QED) is 0.675. The predicted octanol–water partition coefficient (Wildman–Crippen LogP) is 3.27. The van der Waals surface area contributed by atoms with Crippen molar-refractivity contribution in [2.75, 3.05) is 0 Å². The highest BCUT2D eigenvalue weighted by atomic mass is 127. The van der Waals surface area contributed by atoms with Crippen molar-refractivity contribution in [3.63, 3.8) is 0 Å². The molecule has 0 aliphatic rings. The minimum Gasteiger partial charge on any atom is -0.219 e. The van der Waals surface area contributed by atoms with Crippen LogP contribution in [0.2, 0.25) is 0 Å². The molecule has 0 N–H and O–H groups in total. The molecule has 2 heterocycles. The van der Waals surface area contributed by atoms with Crippen LogP contribution < -0.4 is 0 Å². The van der Waals surface area contributed by atoms with Gasteiger partial charge < -0.3 is 0 Å². The summed E-state index contributed by atoms with van der Waals surface area (Å²) in [5.74, 6) is 0. The van der Waals surface area contributed by atoms with Crippen LogP contribution in [0, 0.1) is 9.94 Å². The fourth-order valence-corrected chi connectivity index (χ4v) is 3.79. The molecule has 0 bridgehead atoms. The average Bonchev–Trinajstić information content (AvgIpc) is 2.21. The normalized spacial score (nSPS) is 11.0. The molecule has 2 aromatic rings. The fraction of sp³-hybridized carbons (Fsp3) is 0.167. The number of hydrogen-bond donors (Lipinski definition) is 0. The molecule has 0 aliphatic heterocycles. The zero-order valence-electron chi connectivity index (χ0n) is 5.22. The van der Waals surface area contributed by atoms with E-state index < -0.39 is 0 Å². The van der Waals surface area contributed by atoms with E-state index in [0.717, 1.165) is 3.01 Å². The molecule has 4 heteroatoms. The molecular formula is C6H4INS2. The number of fused-ring (bicyclic) bond motifs is 1. The molecule has 0 spiro atoms. The highest BCUT2D eigenvalue weighted by Crippen LogP contribution is 2.29. The first kappa shape index (κ1) is 7.00. The Morgan fingerprint density at radius 2 is 2.30 bits per heavy atom. The van der Waals surface area contributed by atoms with Gasteiger partial charge in [-0.15, -0.1) is 22.7 Å². The number of nitrogens with zero attached hydrogens (tertiary/aromatic N) is 1. The molecule has 52 valence electrons. The number of aryl methyl sites for hydroxylation is 1. The number of hydrogen-bond acceptors (Lipinski definition) is 3. The van der Waals surface area contributed by atoms with Crippen LogP contribution in [0.5, 0.6) is 0 Å². The summed E-state index contributed by atoms with van der Waals surface area (Å²) in [6.45, 7) is 2.12. The van der Waals surface area contributed by atoms with Crippen molar-refractivity contribution in [2.45, 2.75) is 6.92 Å². The van der Waals surface area contributed by atoms with Gasteiger partial charge in [-0.05, 0) is 35.6 Å². The van der Waals surface area contributed by atoms with Crippen molar-refractivity contribution >= 4 is 54.8 Å². The predicted molar refractivity (Wildman–Crippen MR) is 55.0 cm³/mol. The van der Waals surface area contributed by atoms with Gasteiger partial charge in [0.25, 0.3) is 0 Å². The third-order valence-electron chi connectivity index (χ3n) is 1.19. The lowest BCUT2D eigenvalue weighted by molar-refractivity contribution is 1.48. The van der Waals surface area contributed by atoms with Crippen molar-refractivity contribution < 1.29 is 0 Å². The molecule has 10 heavy (non-hydrogen) atoms. The Labute approximate surface area is 80.2 Å². The Hall–Kier alpha value is 0.320. The Balaban J connectivity index is 2.83. The van der Waals surface area contributed by atoms with E-state index in [0.29, 0.717) is 0 Å². The molecular weight excluding hydrogens is 277 g/mol. The van der Waals surface area contributed by atoms with Crippen LogP contribution in [-0.2, 0) is 0 Å². The maximum atomic E-state index is 4.36. The topological polar surface area (TPSA) is 12.9 Å². The van der Waals surface area contributed by atoms with Crippen LogP contribution >= 0.6 is 45.3 Å². The van der Waals surface area contributed by atoms with Gasteiger partial charge in [0.15, 0.2) is 3.01 Å². The Bertz CT molecular complexity index is 300. The third-order valence-corrected chi connectivity index (χ3v) is 3.95. The minimum absolute atomic E-state index is 1.14. The number of halogens is 1. The molecule has 0 unspecified atom stereocenters.